The van der Waals surface area contributed by atoms with Gasteiger partial charge in [-0.15, -0.1) is 0 Å². The summed E-state index contributed by atoms with van der Waals surface area (Å²) >= 11 is 6.80. The zero-order chi connectivity index (χ0) is 10.8. The third kappa shape index (κ3) is 2.78. The van der Waals surface area contributed by atoms with Crippen molar-refractivity contribution in [2.45, 2.75) is 25.0 Å². The minimum atomic E-state index is -0.277. The maximum atomic E-state index is 9.55. The summed E-state index contributed by atoms with van der Waals surface area (Å²) in [6.07, 6.45) is 2.69. The maximum absolute atomic E-state index is 9.55. The van der Waals surface area contributed by atoms with Crippen LogP contribution in [0.1, 0.15) is 24.6 Å². The molecule has 1 aliphatic heterocycles. The molecule has 3 nitrogen and oxygen atoms in total. The molecule has 15 heavy (non-hydrogen) atoms. The molecule has 2 rings (SSSR count). The van der Waals surface area contributed by atoms with Crippen LogP contribution in [0, 0.1) is 0 Å². The van der Waals surface area contributed by atoms with Gasteiger partial charge in [-0.1, -0.05) is 0 Å². The lowest BCUT2D eigenvalue weighted by atomic mass is 10.0. The molecule has 1 N–H and O–H groups in total. The summed E-state index contributed by atoms with van der Waals surface area (Å²) in [5.74, 6) is 0. The van der Waals surface area contributed by atoms with Crippen LogP contribution >= 0.6 is 31.9 Å². The van der Waals surface area contributed by atoms with E-state index >= 15 is 0 Å². The highest BCUT2D eigenvalue weighted by atomic mass is 79.9. The van der Waals surface area contributed by atoms with Crippen LogP contribution in [0.4, 0.5) is 0 Å². The Morgan fingerprint density at radius 3 is 2.93 bits per heavy atom. The number of aliphatic hydroxyl groups is 1. The highest BCUT2D eigenvalue weighted by Gasteiger charge is 2.24. The molecule has 0 saturated carbocycles. The van der Waals surface area contributed by atoms with E-state index in [1.165, 1.54) is 0 Å². The fourth-order valence-electron chi connectivity index (χ4n) is 1.63. The molecule has 1 aromatic heterocycles. The molecule has 82 valence electrons. The average Bonchev–Trinajstić information content (AvgIpc) is 2.17. The van der Waals surface area contributed by atoms with Gasteiger partial charge in [0.05, 0.1) is 11.8 Å². The lowest BCUT2D eigenvalue weighted by Gasteiger charge is -2.26. The van der Waals surface area contributed by atoms with Crippen LogP contribution in [0.25, 0.3) is 0 Å². The Bertz CT molecular complexity index is 359. The molecule has 2 unspecified atom stereocenters. The van der Waals surface area contributed by atoms with E-state index in [2.05, 4.69) is 36.8 Å². The number of hydrogen-bond acceptors (Lipinski definition) is 3. The molecule has 0 aromatic carbocycles. The Morgan fingerprint density at radius 1 is 1.47 bits per heavy atom. The summed E-state index contributed by atoms with van der Waals surface area (Å²) < 4.78 is 7.43. The second-order valence-electron chi connectivity index (χ2n) is 3.56. The van der Waals surface area contributed by atoms with E-state index in [4.69, 9.17) is 4.74 Å². The van der Waals surface area contributed by atoms with Crippen molar-refractivity contribution in [1.82, 2.24) is 4.98 Å². The summed E-state index contributed by atoms with van der Waals surface area (Å²) in [5, 5.41) is 9.55. The number of aromatic nitrogens is 1. The lowest BCUT2D eigenvalue weighted by Crippen LogP contribution is -2.24. The number of aliphatic hydroxyl groups excluding tert-OH is 1. The van der Waals surface area contributed by atoms with E-state index in [0.717, 1.165) is 14.6 Å². The molecule has 0 aliphatic carbocycles. The van der Waals surface area contributed by atoms with Crippen LogP contribution < -0.4 is 0 Å². The van der Waals surface area contributed by atoms with Gasteiger partial charge in [0.2, 0.25) is 0 Å². The predicted octanol–water partition coefficient (Wildman–Crippen LogP) is 2.82. The van der Waals surface area contributed by atoms with Crippen LogP contribution in [0.2, 0.25) is 0 Å². The van der Waals surface area contributed by atoms with Gasteiger partial charge in [0, 0.05) is 28.2 Å². The standard InChI is InChI=1S/C10H11Br2NO2/c11-6-3-8(12)10(13-5-6)9-4-7(14)1-2-15-9/h3,5,7,9,14H,1-2,4H2. The van der Waals surface area contributed by atoms with Gasteiger partial charge in [0.15, 0.2) is 0 Å². The minimum Gasteiger partial charge on any atom is -0.393 e. The van der Waals surface area contributed by atoms with Crippen LogP contribution in [0.3, 0.4) is 0 Å². The summed E-state index contributed by atoms with van der Waals surface area (Å²) in [4.78, 5) is 4.31. The molecular weight excluding hydrogens is 326 g/mol. The van der Waals surface area contributed by atoms with E-state index < -0.39 is 0 Å². The van der Waals surface area contributed by atoms with Crippen molar-refractivity contribution in [2.75, 3.05) is 6.61 Å². The molecule has 0 amide bonds. The molecule has 2 heterocycles. The van der Waals surface area contributed by atoms with Crippen LogP contribution in [-0.2, 0) is 4.74 Å². The zero-order valence-electron chi connectivity index (χ0n) is 7.99. The van der Waals surface area contributed by atoms with Gasteiger partial charge in [-0.2, -0.15) is 0 Å². The summed E-state index contributed by atoms with van der Waals surface area (Å²) in [7, 11) is 0. The summed E-state index contributed by atoms with van der Waals surface area (Å²) in [6.45, 7) is 0.593. The average molecular weight is 337 g/mol. The Labute approximate surface area is 105 Å². The molecule has 2 atom stereocenters. The van der Waals surface area contributed by atoms with E-state index in [-0.39, 0.29) is 12.2 Å². The highest BCUT2D eigenvalue weighted by Crippen LogP contribution is 2.32. The van der Waals surface area contributed by atoms with Gasteiger partial charge >= 0.3 is 0 Å². The summed E-state index contributed by atoms with van der Waals surface area (Å²) in [5.41, 5.74) is 0.858. The smallest absolute Gasteiger partial charge is 0.103 e. The Balaban J connectivity index is 2.21. The lowest BCUT2D eigenvalue weighted by molar-refractivity contribution is -0.0469. The maximum Gasteiger partial charge on any atom is 0.103 e. The number of pyridine rings is 1. The zero-order valence-corrected chi connectivity index (χ0v) is 11.2. The highest BCUT2D eigenvalue weighted by molar-refractivity contribution is 9.11. The van der Waals surface area contributed by atoms with Crippen molar-refractivity contribution in [1.29, 1.82) is 0 Å². The van der Waals surface area contributed by atoms with Gasteiger partial charge in [-0.25, -0.2) is 0 Å². The molecule has 1 fully saturated rings. The van der Waals surface area contributed by atoms with E-state index in [9.17, 15) is 5.11 Å². The van der Waals surface area contributed by atoms with Gasteiger partial charge in [0.25, 0.3) is 0 Å². The molecule has 1 aliphatic rings. The molecule has 1 saturated heterocycles. The monoisotopic (exact) mass is 335 g/mol. The molecular formula is C10H11Br2NO2. The Hall–Kier alpha value is 0.0300. The number of nitrogens with zero attached hydrogens (tertiary/aromatic N) is 1. The summed E-state index contributed by atoms with van der Waals surface area (Å²) in [6, 6.07) is 1.94. The van der Waals surface area contributed by atoms with Gasteiger partial charge in [0.1, 0.15) is 6.10 Å². The van der Waals surface area contributed by atoms with Crippen molar-refractivity contribution in [3.05, 3.63) is 26.9 Å². The van der Waals surface area contributed by atoms with Gasteiger partial charge in [-0.05, 0) is 44.3 Å². The number of hydrogen-bond donors (Lipinski definition) is 1. The third-order valence-corrected chi connectivity index (χ3v) is 3.47. The number of ether oxygens (including phenoxy) is 1. The fourth-order valence-corrected chi connectivity index (χ4v) is 2.87. The normalized spacial score (nSPS) is 26.6. The van der Waals surface area contributed by atoms with Crippen molar-refractivity contribution < 1.29 is 9.84 Å². The largest absolute Gasteiger partial charge is 0.393 e. The third-order valence-electron chi connectivity index (χ3n) is 2.40. The van der Waals surface area contributed by atoms with Crippen molar-refractivity contribution >= 4 is 31.9 Å². The SMILES string of the molecule is OC1CCOC(c2ncc(Br)cc2Br)C1. The minimum absolute atomic E-state index is 0.101. The quantitative estimate of drug-likeness (QED) is 0.857. The Morgan fingerprint density at radius 2 is 2.27 bits per heavy atom. The molecule has 0 spiro atoms. The first-order chi connectivity index (χ1) is 7.16. The van der Waals surface area contributed by atoms with E-state index in [1.807, 2.05) is 6.07 Å². The Kier molecular flexibility index (Phi) is 3.77. The van der Waals surface area contributed by atoms with E-state index in [1.54, 1.807) is 6.20 Å². The van der Waals surface area contributed by atoms with Crippen LogP contribution in [0.5, 0.6) is 0 Å². The molecule has 0 radical (unpaired) electrons. The molecule has 5 heteroatoms. The number of halogens is 2. The van der Waals surface area contributed by atoms with Crippen LogP contribution in [-0.4, -0.2) is 22.8 Å². The first-order valence-electron chi connectivity index (χ1n) is 4.77. The second-order valence-corrected chi connectivity index (χ2v) is 5.33. The molecule has 1 aromatic rings. The van der Waals surface area contributed by atoms with Crippen molar-refractivity contribution in [3.63, 3.8) is 0 Å². The van der Waals surface area contributed by atoms with Crippen molar-refractivity contribution in [2.24, 2.45) is 0 Å². The van der Waals surface area contributed by atoms with Gasteiger partial charge < -0.3 is 9.84 Å². The second kappa shape index (κ2) is 4.91. The van der Waals surface area contributed by atoms with Crippen LogP contribution in [0.15, 0.2) is 21.2 Å². The topological polar surface area (TPSA) is 42.4 Å². The first kappa shape index (κ1) is 11.5. The molecule has 0 bridgehead atoms. The van der Waals surface area contributed by atoms with Gasteiger partial charge in [-0.3, -0.25) is 4.98 Å². The van der Waals surface area contributed by atoms with Crippen molar-refractivity contribution in [3.8, 4) is 0 Å². The first-order valence-corrected chi connectivity index (χ1v) is 6.36. The fraction of sp³-hybridized carbons (Fsp3) is 0.500. The predicted molar refractivity (Wildman–Crippen MR) is 63.6 cm³/mol. The van der Waals surface area contributed by atoms with E-state index in [0.29, 0.717) is 19.4 Å². The number of rotatable bonds is 1.